The third-order valence-electron chi connectivity index (χ3n) is 1.40. The van der Waals surface area contributed by atoms with Gasteiger partial charge in [-0.3, -0.25) is 4.79 Å². The van der Waals surface area contributed by atoms with Gasteiger partial charge in [-0.1, -0.05) is 23.2 Å². The second-order valence-corrected chi connectivity index (χ2v) is 3.28. The van der Waals surface area contributed by atoms with Crippen molar-refractivity contribution in [2.45, 2.75) is 6.36 Å². The van der Waals surface area contributed by atoms with Crippen molar-refractivity contribution in [3.05, 3.63) is 27.7 Å². The van der Waals surface area contributed by atoms with Crippen molar-refractivity contribution in [3.63, 3.8) is 0 Å². The molecule has 0 aromatic heterocycles. The van der Waals surface area contributed by atoms with Crippen LogP contribution in [-0.2, 0) is 0 Å². The summed E-state index contributed by atoms with van der Waals surface area (Å²) in [4.78, 5) is 10.4. The van der Waals surface area contributed by atoms with Gasteiger partial charge in [-0.2, -0.15) is 0 Å². The van der Waals surface area contributed by atoms with E-state index in [1.165, 1.54) is 0 Å². The standard InChI is InChI=1S/C8H3Cl2F3O2/c9-6-1-4(15-8(11,12)13)2-7(10)5(6)3-14/h1-3H. The summed E-state index contributed by atoms with van der Waals surface area (Å²) < 4.78 is 39.0. The molecule has 2 nitrogen and oxygen atoms in total. The Hall–Kier alpha value is -0.940. The van der Waals surface area contributed by atoms with Crippen LogP contribution in [0.15, 0.2) is 12.1 Å². The molecule has 1 rings (SSSR count). The number of hydrogen-bond donors (Lipinski definition) is 0. The number of alkyl halides is 3. The Bertz CT molecular complexity index is 367. The topological polar surface area (TPSA) is 26.3 Å². The summed E-state index contributed by atoms with van der Waals surface area (Å²) in [6, 6.07) is 1.73. The molecule has 0 saturated heterocycles. The predicted octanol–water partition coefficient (Wildman–Crippen LogP) is 3.70. The number of carbonyl (C=O) groups excluding carboxylic acids is 1. The van der Waals surface area contributed by atoms with Gasteiger partial charge in [0.15, 0.2) is 6.29 Å². The largest absolute Gasteiger partial charge is 0.573 e. The fourth-order valence-corrected chi connectivity index (χ4v) is 1.42. The molecule has 0 aliphatic heterocycles. The van der Waals surface area contributed by atoms with E-state index in [0.29, 0.717) is 6.29 Å². The first-order valence-corrected chi connectivity index (χ1v) is 4.29. The first-order valence-electron chi connectivity index (χ1n) is 3.53. The van der Waals surface area contributed by atoms with E-state index in [1.807, 2.05) is 0 Å². The SMILES string of the molecule is O=Cc1c(Cl)cc(OC(F)(F)F)cc1Cl. The molecule has 0 N–H and O–H groups in total. The lowest BCUT2D eigenvalue weighted by Gasteiger charge is -2.10. The highest BCUT2D eigenvalue weighted by Crippen LogP contribution is 2.31. The van der Waals surface area contributed by atoms with Crippen LogP contribution < -0.4 is 4.74 Å². The third kappa shape index (κ3) is 3.28. The second-order valence-electron chi connectivity index (χ2n) is 2.47. The molecule has 0 amide bonds. The van der Waals surface area contributed by atoms with Crippen molar-refractivity contribution in [1.82, 2.24) is 0 Å². The Balaban J connectivity index is 3.09. The molecule has 0 atom stereocenters. The van der Waals surface area contributed by atoms with Crippen LogP contribution >= 0.6 is 23.2 Å². The fraction of sp³-hybridized carbons (Fsp3) is 0.125. The summed E-state index contributed by atoms with van der Waals surface area (Å²) in [6.07, 6.45) is -4.47. The Morgan fingerprint density at radius 2 is 1.67 bits per heavy atom. The highest BCUT2D eigenvalue weighted by Gasteiger charge is 2.31. The summed E-state index contributed by atoms with van der Waals surface area (Å²) in [7, 11) is 0. The van der Waals surface area contributed by atoms with Gasteiger partial charge in [0.25, 0.3) is 0 Å². The number of rotatable bonds is 2. The number of aldehydes is 1. The van der Waals surface area contributed by atoms with Crippen molar-refractivity contribution in [2.24, 2.45) is 0 Å². The maximum Gasteiger partial charge on any atom is 0.573 e. The van der Waals surface area contributed by atoms with E-state index in [-0.39, 0.29) is 15.6 Å². The van der Waals surface area contributed by atoms with Gasteiger partial charge in [-0.15, -0.1) is 13.2 Å². The highest BCUT2D eigenvalue weighted by molar-refractivity contribution is 6.38. The van der Waals surface area contributed by atoms with Crippen molar-refractivity contribution in [2.75, 3.05) is 0 Å². The summed E-state index contributed by atoms with van der Waals surface area (Å²) in [5.41, 5.74) is -0.0761. The molecule has 82 valence electrons. The minimum Gasteiger partial charge on any atom is -0.406 e. The quantitative estimate of drug-likeness (QED) is 0.757. The van der Waals surface area contributed by atoms with Gasteiger partial charge in [0.1, 0.15) is 5.75 Å². The minimum atomic E-state index is -4.82. The van der Waals surface area contributed by atoms with E-state index in [9.17, 15) is 18.0 Å². The summed E-state index contributed by atoms with van der Waals surface area (Å²) >= 11 is 11.0. The predicted molar refractivity (Wildman–Crippen MR) is 48.5 cm³/mol. The first kappa shape index (κ1) is 12.1. The van der Waals surface area contributed by atoms with Crippen LogP contribution in [0.3, 0.4) is 0 Å². The van der Waals surface area contributed by atoms with E-state index in [1.54, 1.807) is 0 Å². The summed E-state index contributed by atoms with van der Waals surface area (Å²) in [6.45, 7) is 0. The second kappa shape index (κ2) is 4.28. The number of carbonyl (C=O) groups is 1. The van der Waals surface area contributed by atoms with Crippen LogP contribution in [0.1, 0.15) is 10.4 Å². The van der Waals surface area contributed by atoms with Crippen molar-refractivity contribution in [1.29, 1.82) is 0 Å². The number of hydrogen-bond acceptors (Lipinski definition) is 2. The zero-order valence-corrected chi connectivity index (χ0v) is 8.45. The van der Waals surface area contributed by atoms with Crippen LogP contribution in [0.25, 0.3) is 0 Å². The highest BCUT2D eigenvalue weighted by atomic mass is 35.5. The lowest BCUT2D eigenvalue weighted by molar-refractivity contribution is -0.274. The van der Waals surface area contributed by atoms with Crippen LogP contribution in [0, 0.1) is 0 Å². The molecule has 0 spiro atoms. The first-order chi connectivity index (χ1) is 6.83. The number of ether oxygens (including phenoxy) is 1. The maximum atomic E-state index is 11.8. The number of halogens is 5. The Kier molecular flexibility index (Phi) is 3.46. The normalized spacial score (nSPS) is 11.3. The van der Waals surface area contributed by atoms with Gasteiger partial charge in [0.05, 0.1) is 15.6 Å². The fourth-order valence-electron chi connectivity index (χ4n) is 0.866. The molecule has 0 bridgehead atoms. The molecule has 0 heterocycles. The molecule has 0 saturated carbocycles. The summed E-state index contributed by atoms with van der Waals surface area (Å²) in [5.74, 6) is -0.567. The summed E-state index contributed by atoms with van der Waals surface area (Å²) in [5, 5.41) is -0.395. The molecule has 0 aliphatic rings. The smallest absolute Gasteiger partial charge is 0.406 e. The van der Waals surface area contributed by atoms with Gasteiger partial charge in [0, 0.05) is 0 Å². The van der Waals surface area contributed by atoms with E-state index in [4.69, 9.17) is 23.2 Å². The zero-order chi connectivity index (χ0) is 11.6. The minimum absolute atomic E-state index is 0.0761. The molecule has 15 heavy (non-hydrogen) atoms. The van der Waals surface area contributed by atoms with Crippen LogP contribution in [0.2, 0.25) is 10.0 Å². The van der Waals surface area contributed by atoms with E-state index in [0.717, 1.165) is 12.1 Å². The van der Waals surface area contributed by atoms with Crippen molar-refractivity contribution in [3.8, 4) is 5.75 Å². The van der Waals surface area contributed by atoms with Gasteiger partial charge in [-0.05, 0) is 12.1 Å². The Labute approximate surface area is 92.5 Å². The Morgan fingerprint density at radius 1 is 1.20 bits per heavy atom. The number of benzene rings is 1. The van der Waals surface area contributed by atoms with Crippen molar-refractivity contribution >= 4 is 29.5 Å². The van der Waals surface area contributed by atoms with Gasteiger partial charge in [0.2, 0.25) is 0 Å². The van der Waals surface area contributed by atoms with Crippen molar-refractivity contribution < 1.29 is 22.7 Å². The van der Waals surface area contributed by atoms with E-state index in [2.05, 4.69) is 4.74 Å². The average molecular weight is 259 g/mol. The molecule has 0 aliphatic carbocycles. The Morgan fingerprint density at radius 3 is 2.00 bits per heavy atom. The van der Waals surface area contributed by atoms with Crippen LogP contribution in [-0.4, -0.2) is 12.6 Å². The molecular weight excluding hydrogens is 256 g/mol. The molecule has 7 heteroatoms. The maximum absolute atomic E-state index is 11.8. The zero-order valence-electron chi connectivity index (χ0n) is 6.94. The molecule has 0 fully saturated rings. The average Bonchev–Trinajstić information content (AvgIpc) is 1.99. The van der Waals surface area contributed by atoms with Crippen LogP contribution in [0.5, 0.6) is 5.75 Å². The lowest BCUT2D eigenvalue weighted by Crippen LogP contribution is -2.17. The van der Waals surface area contributed by atoms with E-state index < -0.39 is 12.1 Å². The molecular formula is C8H3Cl2F3O2. The third-order valence-corrected chi connectivity index (χ3v) is 2.03. The molecule has 1 aromatic carbocycles. The molecule has 1 aromatic rings. The monoisotopic (exact) mass is 258 g/mol. The lowest BCUT2D eigenvalue weighted by atomic mass is 10.2. The van der Waals surface area contributed by atoms with Gasteiger partial charge in [-0.25, -0.2) is 0 Å². The van der Waals surface area contributed by atoms with Gasteiger partial charge < -0.3 is 4.74 Å². The molecule has 0 unspecified atom stereocenters. The van der Waals surface area contributed by atoms with Gasteiger partial charge >= 0.3 is 6.36 Å². The van der Waals surface area contributed by atoms with E-state index >= 15 is 0 Å². The molecule has 0 radical (unpaired) electrons. The van der Waals surface area contributed by atoms with Crippen LogP contribution in [0.4, 0.5) is 13.2 Å².